The number of hydrogen-bond donors (Lipinski definition) is 2. The Morgan fingerprint density at radius 3 is 2.94 bits per heavy atom. The predicted molar refractivity (Wildman–Crippen MR) is 67.8 cm³/mol. The number of benzene rings is 1. The van der Waals surface area contributed by atoms with Crippen LogP contribution in [0.25, 0.3) is 0 Å². The Balaban J connectivity index is 2.17. The molecular weight excluding hydrogens is 230 g/mol. The van der Waals surface area contributed by atoms with Crippen molar-refractivity contribution in [3.63, 3.8) is 0 Å². The zero-order valence-electron chi connectivity index (χ0n) is 10.3. The maximum atomic E-state index is 12.3. The Labute approximate surface area is 105 Å². The van der Waals surface area contributed by atoms with Crippen molar-refractivity contribution in [1.82, 2.24) is 20.1 Å². The molecular formula is C12H15N5O. The number of aryl methyl sites for hydroxylation is 1. The number of anilines is 1. The number of H-pyrrole nitrogens is 1. The first-order valence-electron chi connectivity index (χ1n) is 5.54. The molecule has 0 aliphatic carbocycles. The van der Waals surface area contributed by atoms with Gasteiger partial charge in [-0.2, -0.15) is 5.10 Å². The number of amides is 1. The summed E-state index contributed by atoms with van der Waals surface area (Å²) in [6.45, 7) is 2.27. The van der Waals surface area contributed by atoms with E-state index in [4.69, 9.17) is 5.73 Å². The standard InChI is InChI=1S/C12H15N5O/c1-8-3-4-9(13)5-10(8)12(18)17(2)6-11-14-7-15-16-11/h3-5,7H,6,13H2,1-2H3,(H,14,15,16). The molecule has 0 radical (unpaired) electrons. The SMILES string of the molecule is Cc1ccc(N)cc1C(=O)N(C)Cc1ncn[nH]1. The summed E-state index contributed by atoms with van der Waals surface area (Å²) >= 11 is 0. The zero-order valence-corrected chi connectivity index (χ0v) is 10.3. The minimum atomic E-state index is -0.0869. The first-order chi connectivity index (χ1) is 8.58. The molecule has 1 heterocycles. The summed E-state index contributed by atoms with van der Waals surface area (Å²) in [6, 6.07) is 5.31. The van der Waals surface area contributed by atoms with Gasteiger partial charge in [0.05, 0.1) is 6.54 Å². The first-order valence-corrected chi connectivity index (χ1v) is 5.54. The lowest BCUT2D eigenvalue weighted by Crippen LogP contribution is -2.27. The number of nitrogens with two attached hydrogens (primary N) is 1. The lowest BCUT2D eigenvalue weighted by Gasteiger charge is -2.17. The van der Waals surface area contributed by atoms with E-state index in [1.165, 1.54) is 6.33 Å². The highest BCUT2D eigenvalue weighted by molar-refractivity contribution is 5.96. The molecule has 1 amide bonds. The highest BCUT2D eigenvalue weighted by Gasteiger charge is 2.15. The fourth-order valence-electron chi connectivity index (χ4n) is 1.68. The number of carbonyl (C=O) groups excluding carboxylic acids is 1. The fourth-order valence-corrected chi connectivity index (χ4v) is 1.68. The third kappa shape index (κ3) is 2.48. The van der Waals surface area contributed by atoms with E-state index in [0.29, 0.717) is 23.6 Å². The number of carbonyl (C=O) groups is 1. The highest BCUT2D eigenvalue weighted by Crippen LogP contribution is 2.15. The molecule has 0 unspecified atom stereocenters. The van der Waals surface area contributed by atoms with Crippen LogP contribution in [-0.2, 0) is 6.54 Å². The molecule has 94 valence electrons. The third-order valence-corrected chi connectivity index (χ3v) is 2.69. The Morgan fingerprint density at radius 1 is 1.50 bits per heavy atom. The summed E-state index contributed by atoms with van der Waals surface area (Å²) in [5.74, 6) is 0.559. The van der Waals surface area contributed by atoms with Gasteiger partial charge in [0.1, 0.15) is 12.2 Å². The molecule has 0 saturated heterocycles. The van der Waals surface area contributed by atoms with Crippen LogP contribution in [0.1, 0.15) is 21.7 Å². The van der Waals surface area contributed by atoms with E-state index in [1.807, 2.05) is 13.0 Å². The smallest absolute Gasteiger partial charge is 0.254 e. The number of hydrogen-bond acceptors (Lipinski definition) is 4. The van der Waals surface area contributed by atoms with Crippen LogP contribution < -0.4 is 5.73 Å². The Morgan fingerprint density at radius 2 is 2.28 bits per heavy atom. The van der Waals surface area contributed by atoms with Gasteiger partial charge in [-0.1, -0.05) is 6.07 Å². The molecule has 2 rings (SSSR count). The summed E-state index contributed by atoms with van der Waals surface area (Å²) in [4.78, 5) is 17.8. The van der Waals surface area contributed by atoms with Gasteiger partial charge in [0.25, 0.3) is 5.91 Å². The molecule has 6 heteroatoms. The van der Waals surface area contributed by atoms with Crippen molar-refractivity contribution >= 4 is 11.6 Å². The Bertz CT molecular complexity index is 550. The van der Waals surface area contributed by atoms with Crippen LogP contribution in [0.3, 0.4) is 0 Å². The maximum absolute atomic E-state index is 12.3. The van der Waals surface area contributed by atoms with Gasteiger partial charge in [-0.25, -0.2) is 4.98 Å². The molecule has 18 heavy (non-hydrogen) atoms. The zero-order chi connectivity index (χ0) is 13.1. The summed E-state index contributed by atoms with van der Waals surface area (Å²) in [5, 5.41) is 6.47. The average molecular weight is 245 g/mol. The average Bonchev–Trinajstić information content (AvgIpc) is 2.84. The number of aromatic amines is 1. The van der Waals surface area contributed by atoms with E-state index in [9.17, 15) is 4.79 Å². The monoisotopic (exact) mass is 245 g/mol. The molecule has 0 bridgehead atoms. The van der Waals surface area contributed by atoms with E-state index in [2.05, 4.69) is 15.2 Å². The molecule has 2 aromatic rings. The van der Waals surface area contributed by atoms with Crippen molar-refractivity contribution in [2.45, 2.75) is 13.5 Å². The van der Waals surface area contributed by atoms with Crippen LogP contribution in [0.15, 0.2) is 24.5 Å². The second kappa shape index (κ2) is 4.87. The Kier molecular flexibility index (Phi) is 3.27. The van der Waals surface area contributed by atoms with Crippen molar-refractivity contribution < 1.29 is 4.79 Å². The molecule has 0 spiro atoms. The molecule has 0 aliphatic rings. The third-order valence-electron chi connectivity index (χ3n) is 2.69. The van der Waals surface area contributed by atoms with Crippen molar-refractivity contribution in [1.29, 1.82) is 0 Å². The van der Waals surface area contributed by atoms with Crippen LogP contribution in [0.4, 0.5) is 5.69 Å². The molecule has 0 aliphatic heterocycles. The maximum Gasteiger partial charge on any atom is 0.254 e. The van der Waals surface area contributed by atoms with Gasteiger partial charge < -0.3 is 10.6 Å². The summed E-state index contributed by atoms with van der Waals surface area (Å²) in [7, 11) is 1.72. The van der Waals surface area contributed by atoms with E-state index in [1.54, 1.807) is 24.1 Å². The second-order valence-corrected chi connectivity index (χ2v) is 4.17. The first kappa shape index (κ1) is 12.1. The number of rotatable bonds is 3. The lowest BCUT2D eigenvalue weighted by molar-refractivity contribution is 0.0781. The van der Waals surface area contributed by atoms with Crippen LogP contribution in [0, 0.1) is 6.92 Å². The Hall–Kier alpha value is -2.37. The van der Waals surface area contributed by atoms with Gasteiger partial charge in [0.15, 0.2) is 0 Å². The molecule has 0 saturated carbocycles. The minimum Gasteiger partial charge on any atom is -0.399 e. The van der Waals surface area contributed by atoms with Gasteiger partial charge in [-0.15, -0.1) is 0 Å². The van der Waals surface area contributed by atoms with Crippen LogP contribution in [0.2, 0.25) is 0 Å². The second-order valence-electron chi connectivity index (χ2n) is 4.17. The number of nitrogens with one attached hydrogen (secondary N) is 1. The van der Waals surface area contributed by atoms with Gasteiger partial charge in [0.2, 0.25) is 0 Å². The van der Waals surface area contributed by atoms with Crippen LogP contribution >= 0.6 is 0 Å². The topological polar surface area (TPSA) is 87.9 Å². The number of nitrogen functional groups attached to an aromatic ring is 1. The highest BCUT2D eigenvalue weighted by atomic mass is 16.2. The normalized spacial score (nSPS) is 10.3. The van der Waals surface area contributed by atoms with E-state index >= 15 is 0 Å². The number of nitrogens with zero attached hydrogens (tertiary/aromatic N) is 3. The quantitative estimate of drug-likeness (QED) is 0.788. The minimum absolute atomic E-state index is 0.0869. The van der Waals surface area contributed by atoms with Crippen molar-refractivity contribution in [2.75, 3.05) is 12.8 Å². The van der Waals surface area contributed by atoms with Crippen molar-refractivity contribution in [3.05, 3.63) is 41.5 Å². The van der Waals surface area contributed by atoms with Gasteiger partial charge in [-0.3, -0.25) is 9.89 Å². The van der Waals surface area contributed by atoms with Crippen molar-refractivity contribution in [3.8, 4) is 0 Å². The summed E-state index contributed by atoms with van der Waals surface area (Å²) < 4.78 is 0. The summed E-state index contributed by atoms with van der Waals surface area (Å²) in [6.07, 6.45) is 1.42. The van der Waals surface area contributed by atoms with E-state index in [0.717, 1.165) is 5.56 Å². The molecule has 0 fully saturated rings. The van der Waals surface area contributed by atoms with Crippen molar-refractivity contribution in [2.24, 2.45) is 0 Å². The molecule has 3 N–H and O–H groups in total. The number of aromatic nitrogens is 3. The van der Waals surface area contributed by atoms with Crippen LogP contribution in [0.5, 0.6) is 0 Å². The van der Waals surface area contributed by atoms with E-state index < -0.39 is 0 Å². The molecule has 6 nitrogen and oxygen atoms in total. The summed E-state index contributed by atoms with van der Waals surface area (Å²) in [5.41, 5.74) is 7.79. The fraction of sp³-hybridized carbons (Fsp3) is 0.250. The van der Waals surface area contributed by atoms with E-state index in [-0.39, 0.29) is 5.91 Å². The van der Waals surface area contributed by atoms with Gasteiger partial charge in [-0.05, 0) is 24.6 Å². The van der Waals surface area contributed by atoms with Gasteiger partial charge >= 0.3 is 0 Å². The molecule has 1 aromatic heterocycles. The van der Waals surface area contributed by atoms with Crippen LogP contribution in [-0.4, -0.2) is 33.0 Å². The predicted octanol–water partition coefficient (Wildman–Crippen LogP) is 0.968. The van der Waals surface area contributed by atoms with Gasteiger partial charge in [0, 0.05) is 18.3 Å². The molecule has 0 atom stereocenters. The largest absolute Gasteiger partial charge is 0.399 e. The molecule has 1 aromatic carbocycles. The lowest BCUT2D eigenvalue weighted by atomic mass is 10.1.